The van der Waals surface area contributed by atoms with Crippen molar-refractivity contribution in [2.24, 2.45) is 0 Å². The van der Waals surface area contributed by atoms with Gasteiger partial charge in [-0.1, -0.05) is 47.5 Å². The average molecular weight is 267 g/mol. The van der Waals surface area contributed by atoms with E-state index < -0.39 is 0 Å². The van der Waals surface area contributed by atoms with Crippen LogP contribution in [-0.4, -0.2) is 0 Å². The molecule has 0 aliphatic carbocycles. The van der Waals surface area contributed by atoms with Gasteiger partial charge >= 0.3 is 0 Å². The van der Waals surface area contributed by atoms with Gasteiger partial charge in [-0.2, -0.15) is 0 Å². The fourth-order valence-electron chi connectivity index (χ4n) is 2.95. The van der Waals surface area contributed by atoms with Crippen LogP contribution in [-0.2, 0) is 6.54 Å². The van der Waals surface area contributed by atoms with Gasteiger partial charge in [-0.15, -0.1) is 0 Å². The maximum atomic E-state index is 3.64. The second-order valence-corrected chi connectivity index (χ2v) is 5.90. The molecule has 0 saturated carbocycles. The Bertz CT molecular complexity index is 558. The minimum Gasteiger partial charge on any atom is -0.306 e. The molecule has 0 radical (unpaired) electrons. The predicted octanol–water partition coefficient (Wildman–Crippen LogP) is 4.77. The number of rotatable bonds is 4. The second kappa shape index (κ2) is 6.23. The lowest BCUT2D eigenvalue weighted by atomic mass is 9.95. The molecule has 1 atom stereocenters. The van der Waals surface area contributed by atoms with Crippen LogP contribution in [0.2, 0.25) is 0 Å². The first-order chi connectivity index (χ1) is 9.47. The molecule has 2 aromatic carbocycles. The molecule has 2 aromatic rings. The summed E-state index contributed by atoms with van der Waals surface area (Å²) in [5, 5.41) is 3.64. The van der Waals surface area contributed by atoms with Crippen LogP contribution in [0.15, 0.2) is 36.4 Å². The average Bonchev–Trinajstić information content (AvgIpc) is 2.37. The van der Waals surface area contributed by atoms with Gasteiger partial charge in [0.25, 0.3) is 0 Å². The molecule has 1 unspecified atom stereocenters. The summed E-state index contributed by atoms with van der Waals surface area (Å²) in [5.74, 6) is 0. The van der Waals surface area contributed by atoms with Gasteiger partial charge in [0.2, 0.25) is 0 Å². The number of hydrogen-bond acceptors (Lipinski definition) is 1. The summed E-state index contributed by atoms with van der Waals surface area (Å²) in [5.41, 5.74) is 8.19. The van der Waals surface area contributed by atoms with Crippen molar-refractivity contribution in [1.82, 2.24) is 5.32 Å². The Hall–Kier alpha value is -1.60. The zero-order chi connectivity index (χ0) is 14.7. The van der Waals surface area contributed by atoms with E-state index in [1.807, 2.05) is 0 Å². The van der Waals surface area contributed by atoms with Crippen LogP contribution in [0.1, 0.15) is 46.3 Å². The number of hydrogen-bond donors (Lipinski definition) is 1. The summed E-state index contributed by atoms with van der Waals surface area (Å²) in [7, 11) is 0. The standard InChI is InChI=1S/C19H25N/c1-13-6-8-18(9-7-13)12-20-17(5)19-15(3)10-14(2)11-16(19)4/h6-11,17,20H,12H2,1-5H3. The minimum absolute atomic E-state index is 0.372. The molecule has 1 nitrogen and oxygen atoms in total. The van der Waals surface area contributed by atoms with Crippen LogP contribution in [0.3, 0.4) is 0 Å². The molecule has 0 aliphatic heterocycles. The summed E-state index contributed by atoms with van der Waals surface area (Å²) in [4.78, 5) is 0. The highest BCUT2D eigenvalue weighted by atomic mass is 14.9. The Balaban J connectivity index is 2.09. The van der Waals surface area contributed by atoms with Crippen molar-refractivity contribution in [3.8, 4) is 0 Å². The third-order valence-electron chi connectivity index (χ3n) is 3.90. The fraction of sp³-hybridized carbons (Fsp3) is 0.368. The maximum absolute atomic E-state index is 3.64. The molecule has 0 aliphatic rings. The molecule has 20 heavy (non-hydrogen) atoms. The number of benzene rings is 2. The fourth-order valence-corrected chi connectivity index (χ4v) is 2.95. The van der Waals surface area contributed by atoms with Crippen molar-refractivity contribution in [2.45, 2.75) is 47.2 Å². The molecule has 0 fully saturated rings. The zero-order valence-corrected chi connectivity index (χ0v) is 13.2. The van der Waals surface area contributed by atoms with Gasteiger partial charge in [0.05, 0.1) is 0 Å². The molecule has 0 bridgehead atoms. The van der Waals surface area contributed by atoms with Crippen molar-refractivity contribution in [2.75, 3.05) is 0 Å². The van der Waals surface area contributed by atoms with Crippen LogP contribution >= 0.6 is 0 Å². The van der Waals surface area contributed by atoms with Gasteiger partial charge in [0.15, 0.2) is 0 Å². The third-order valence-corrected chi connectivity index (χ3v) is 3.90. The largest absolute Gasteiger partial charge is 0.306 e. The first-order valence-electron chi connectivity index (χ1n) is 7.34. The molecule has 0 spiro atoms. The molecular formula is C19H25N. The van der Waals surface area contributed by atoms with Crippen molar-refractivity contribution in [3.63, 3.8) is 0 Å². The minimum atomic E-state index is 0.372. The van der Waals surface area contributed by atoms with Gasteiger partial charge in [-0.05, 0) is 56.9 Å². The SMILES string of the molecule is Cc1ccc(CNC(C)c2c(C)cc(C)cc2C)cc1. The second-order valence-electron chi connectivity index (χ2n) is 5.90. The highest BCUT2D eigenvalue weighted by Gasteiger charge is 2.11. The van der Waals surface area contributed by atoms with E-state index in [1.54, 1.807) is 0 Å². The van der Waals surface area contributed by atoms with E-state index in [1.165, 1.54) is 33.4 Å². The first kappa shape index (κ1) is 14.8. The Morgan fingerprint density at radius 1 is 0.850 bits per heavy atom. The summed E-state index contributed by atoms with van der Waals surface area (Å²) in [6, 6.07) is 13.7. The van der Waals surface area contributed by atoms with Gasteiger partial charge in [0.1, 0.15) is 0 Å². The Morgan fingerprint density at radius 2 is 1.40 bits per heavy atom. The van der Waals surface area contributed by atoms with Crippen LogP contribution in [0.5, 0.6) is 0 Å². The van der Waals surface area contributed by atoms with Gasteiger partial charge < -0.3 is 5.32 Å². The van der Waals surface area contributed by atoms with E-state index >= 15 is 0 Å². The topological polar surface area (TPSA) is 12.0 Å². The molecule has 0 aromatic heterocycles. The molecule has 0 saturated heterocycles. The number of nitrogens with one attached hydrogen (secondary N) is 1. The molecule has 106 valence electrons. The Labute approximate surface area is 123 Å². The van der Waals surface area contributed by atoms with E-state index in [2.05, 4.69) is 76.3 Å². The molecule has 0 heterocycles. The Kier molecular flexibility index (Phi) is 4.61. The monoisotopic (exact) mass is 267 g/mol. The highest BCUT2D eigenvalue weighted by Crippen LogP contribution is 2.23. The molecule has 1 heteroatoms. The first-order valence-corrected chi connectivity index (χ1v) is 7.34. The normalized spacial score (nSPS) is 12.4. The van der Waals surface area contributed by atoms with E-state index in [0.717, 1.165) is 6.54 Å². The lowest BCUT2D eigenvalue weighted by Gasteiger charge is -2.20. The molecule has 2 rings (SSSR count). The van der Waals surface area contributed by atoms with Gasteiger partial charge in [0, 0.05) is 12.6 Å². The Morgan fingerprint density at radius 3 is 1.95 bits per heavy atom. The van der Waals surface area contributed by atoms with Crippen molar-refractivity contribution in [1.29, 1.82) is 0 Å². The summed E-state index contributed by atoms with van der Waals surface area (Å²) >= 11 is 0. The summed E-state index contributed by atoms with van der Waals surface area (Å²) < 4.78 is 0. The van der Waals surface area contributed by atoms with Crippen LogP contribution in [0.4, 0.5) is 0 Å². The smallest absolute Gasteiger partial charge is 0.0300 e. The lowest BCUT2D eigenvalue weighted by molar-refractivity contribution is 0.569. The van der Waals surface area contributed by atoms with Crippen LogP contribution < -0.4 is 5.32 Å². The van der Waals surface area contributed by atoms with E-state index in [0.29, 0.717) is 6.04 Å². The lowest BCUT2D eigenvalue weighted by Crippen LogP contribution is -2.20. The third kappa shape index (κ3) is 3.49. The number of aryl methyl sites for hydroxylation is 4. The predicted molar refractivity (Wildman–Crippen MR) is 87.1 cm³/mol. The molecular weight excluding hydrogens is 242 g/mol. The van der Waals surface area contributed by atoms with Crippen LogP contribution in [0, 0.1) is 27.7 Å². The van der Waals surface area contributed by atoms with Crippen molar-refractivity contribution >= 4 is 0 Å². The maximum Gasteiger partial charge on any atom is 0.0300 e. The van der Waals surface area contributed by atoms with Crippen LogP contribution in [0.25, 0.3) is 0 Å². The summed E-state index contributed by atoms with van der Waals surface area (Å²) in [6.45, 7) is 11.9. The molecule has 1 N–H and O–H groups in total. The zero-order valence-electron chi connectivity index (χ0n) is 13.2. The van der Waals surface area contributed by atoms with E-state index in [9.17, 15) is 0 Å². The summed E-state index contributed by atoms with van der Waals surface area (Å²) in [6.07, 6.45) is 0. The van der Waals surface area contributed by atoms with E-state index in [-0.39, 0.29) is 0 Å². The van der Waals surface area contributed by atoms with Gasteiger partial charge in [-0.3, -0.25) is 0 Å². The van der Waals surface area contributed by atoms with Gasteiger partial charge in [-0.25, -0.2) is 0 Å². The quantitative estimate of drug-likeness (QED) is 0.841. The molecule has 0 amide bonds. The van der Waals surface area contributed by atoms with Crippen molar-refractivity contribution in [3.05, 3.63) is 69.8 Å². The highest BCUT2D eigenvalue weighted by molar-refractivity contribution is 5.39. The van der Waals surface area contributed by atoms with E-state index in [4.69, 9.17) is 0 Å². The van der Waals surface area contributed by atoms with Crippen molar-refractivity contribution < 1.29 is 0 Å².